The smallest absolute Gasteiger partial charge is 0.262 e. The first-order valence-corrected chi connectivity index (χ1v) is 11.7. The molecule has 0 amide bonds. The highest BCUT2D eigenvalue weighted by Crippen LogP contribution is 2.32. The Hall–Kier alpha value is -4.00. The molecule has 1 unspecified atom stereocenters. The lowest BCUT2D eigenvalue weighted by Crippen LogP contribution is -2.14. The second-order valence-corrected chi connectivity index (χ2v) is 9.06. The molecule has 0 aliphatic carbocycles. The van der Waals surface area contributed by atoms with E-state index in [9.17, 15) is 17.9 Å². The van der Waals surface area contributed by atoms with Gasteiger partial charge in [0.05, 0.1) is 17.5 Å². The van der Waals surface area contributed by atoms with Gasteiger partial charge < -0.3 is 9.84 Å². The highest BCUT2D eigenvalue weighted by atomic mass is 32.2. The molecule has 2 aromatic carbocycles. The summed E-state index contributed by atoms with van der Waals surface area (Å²) in [4.78, 5) is 8.50. The van der Waals surface area contributed by atoms with Crippen LogP contribution in [0.25, 0.3) is 22.0 Å². The van der Waals surface area contributed by atoms with Gasteiger partial charge in [0.15, 0.2) is 0 Å². The van der Waals surface area contributed by atoms with Crippen LogP contribution in [0.3, 0.4) is 0 Å². The Morgan fingerprint density at radius 1 is 1.06 bits per heavy atom. The number of sulfonamides is 1. The second kappa shape index (κ2) is 9.47. The van der Waals surface area contributed by atoms with Crippen molar-refractivity contribution in [2.24, 2.45) is 0 Å². The van der Waals surface area contributed by atoms with Gasteiger partial charge in [-0.1, -0.05) is 17.9 Å². The van der Waals surface area contributed by atoms with Gasteiger partial charge in [0.1, 0.15) is 17.6 Å². The Morgan fingerprint density at radius 3 is 2.53 bits per heavy atom. The third-order valence-corrected chi connectivity index (χ3v) is 6.28. The Morgan fingerprint density at radius 2 is 1.82 bits per heavy atom. The number of pyridine rings is 2. The summed E-state index contributed by atoms with van der Waals surface area (Å²) in [5, 5.41) is 10.3. The first kappa shape index (κ1) is 23.2. The maximum Gasteiger partial charge on any atom is 0.262 e. The van der Waals surface area contributed by atoms with Crippen LogP contribution in [0.4, 0.5) is 10.1 Å². The Labute approximate surface area is 196 Å². The minimum atomic E-state index is -4.01. The number of aliphatic hydroxyl groups excluding tert-OH is 1. The fourth-order valence-corrected chi connectivity index (χ4v) is 4.33. The van der Waals surface area contributed by atoms with Crippen molar-refractivity contribution in [2.45, 2.75) is 17.9 Å². The van der Waals surface area contributed by atoms with Crippen molar-refractivity contribution in [1.82, 2.24) is 9.97 Å². The number of anilines is 1. The molecule has 4 aromatic rings. The predicted octanol–water partition coefficient (Wildman–Crippen LogP) is 3.98. The van der Waals surface area contributed by atoms with E-state index in [1.807, 2.05) is 18.2 Å². The number of nitrogens with zero attached hydrogens (tertiary/aromatic N) is 2. The van der Waals surface area contributed by atoms with E-state index in [0.717, 1.165) is 28.6 Å². The molecule has 2 heterocycles. The quantitative estimate of drug-likeness (QED) is 0.422. The summed E-state index contributed by atoms with van der Waals surface area (Å²) in [5.74, 6) is 5.23. The number of nitrogens with one attached hydrogen (secondary N) is 1. The van der Waals surface area contributed by atoms with E-state index in [1.54, 1.807) is 31.5 Å². The summed E-state index contributed by atoms with van der Waals surface area (Å²) in [6, 6.07) is 13.4. The molecule has 0 aliphatic rings. The molecule has 1 atom stereocenters. The molecule has 2 aromatic heterocycles. The van der Waals surface area contributed by atoms with E-state index < -0.39 is 21.9 Å². The van der Waals surface area contributed by atoms with Crippen molar-refractivity contribution in [3.8, 4) is 28.8 Å². The fraction of sp³-hybridized carbons (Fsp3) is 0.120. The summed E-state index contributed by atoms with van der Waals surface area (Å²) in [5.41, 5.74) is 2.92. The number of aromatic nitrogens is 2. The van der Waals surface area contributed by atoms with Gasteiger partial charge in [0.25, 0.3) is 10.0 Å². The maximum atomic E-state index is 13.2. The molecule has 0 radical (unpaired) electrons. The van der Waals surface area contributed by atoms with E-state index in [0.29, 0.717) is 11.1 Å². The van der Waals surface area contributed by atoms with Crippen LogP contribution < -0.4 is 9.46 Å². The van der Waals surface area contributed by atoms with Crippen LogP contribution in [-0.2, 0) is 10.0 Å². The highest BCUT2D eigenvalue weighted by molar-refractivity contribution is 7.92. The first-order valence-electron chi connectivity index (χ1n) is 10.2. The van der Waals surface area contributed by atoms with Gasteiger partial charge in [-0.25, -0.2) is 17.8 Å². The molecule has 2 N–H and O–H groups in total. The van der Waals surface area contributed by atoms with Crippen molar-refractivity contribution in [1.29, 1.82) is 0 Å². The van der Waals surface area contributed by atoms with Gasteiger partial charge in [0, 0.05) is 28.9 Å². The van der Waals surface area contributed by atoms with E-state index in [1.165, 1.54) is 19.2 Å². The number of aliphatic hydroxyl groups is 1. The van der Waals surface area contributed by atoms with E-state index in [-0.39, 0.29) is 16.5 Å². The van der Waals surface area contributed by atoms with Crippen LogP contribution in [-0.4, -0.2) is 36.7 Å². The van der Waals surface area contributed by atoms with Crippen LogP contribution in [0.1, 0.15) is 12.5 Å². The zero-order valence-corrected chi connectivity index (χ0v) is 19.1. The number of halogens is 1. The van der Waals surface area contributed by atoms with Gasteiger partial charge in [-0.2, -0.15) is 0 Å². The highest BCUT2D eigenvalue weighted by Gasteiger charge is 2.18. The van der Waals surface area contributed by atoms with E-state index in [4.69, 9.17) is 4.74 Å². The van der Waals surface area contributed by atoms with Gasteiger partial charge in [-0.3, -0.25) is 9.71 Å². The summed E-state index contributed by atoms with van der Waals surface area (Å²) in [7, 11) is -2.63. The lowest BCUT2D eigenvalue weighted by atomic mass is 10.0. The maximum absolute atomic E-state index is 13.2. The lowest BCUT2D eigenvalue weighted by molar-refractivity contribution is 0.253. The largest absolute Gasteiger partial charge is 0.480 e. The lowest BCUT2D eigenvalue weighted by Gasteiger charge is -2.13. The summed E-state index contributed by atoms with van der Waals surface area (Å²) >= 11 is 0. The predicted molar refractivity (Wildman–Crippen MR) is 127 cm³/mol. The van der Waals surface area contributed by atoms with Gasteiger partial charge >= 0.3 is 0 Å². The minimum absolute atomic E-state index is 0.0837. The molecule has 0 fully saturated rings. The van der Waals surface area contributed by atoms with Crippen molar-refractivity contribution in [3.63, 3.8) is 0 Å². The molecule has 4 rings (SSSR count). The van der Waals surface area contributed by atoms with Crippen molar-refractivity contribution in [2.75, 3.05) is 11.8 Å². The summed E-state index contributed by atoms with van der Waals surface area (Å²) in [6.07, 6.45) is 2.44. The zero-order chi connectivity index (χ0) is 24.3. The molecule has 34 heavy (non-hydrogen) atoms. The van der Waals surface area contributed by atoms with Crippen LogP contribution in [0.2, 0.25) is 0 Å². The second-order valence-electron chi connectivity index (χ2n) is 7.38. The van der Waals surface area contributed by atoms with Crippen molar-refractivity contribution >= 4 is 26.6 Å². The Balaban J connectivity index is 1.76. The number of rotatable bonds is 5. The standard InChI is InChI=1S/C25H20FN3O4S/c1-16(30)3-4-17-11-12-27-23-10-5-18(13-22(17)23)19-14-24(25(33-2)28-15-19)29-34(31,32)21-8-6-20(26)7-9-21/h5-16,29-30H,1-2H3. The Kier molecular flexibility index (Phi) is 6.45. The normalized spacial score (nSPS) is 12.0. The van der Waals surface area contributed by atoms with Crippen molar-refractivity contribution < 1.29 is 22.7 Å². The van der Waals surface area contributed by atoms with Crippen LogP contribution in [0.5, 0.6) is 5.88 Å². The van der Waals surface area contributed by atoms with Gasteiger partial charge in [-0.05, 0) is 61.0 Å². The Bertz CT molecular complexity index is 1530. The molecule has 0 saturated carbocycles. The number of hydrogen-bond acceptors (Lipinski definition) is 6. The van der Waals surface area contributed by atoms with Gasteiger partial charge in [-0.15, -0.1) is 0 Å². The molecule has 9 heteroatoms. The van der Waals surface area contributed by atoms with E-state index >= 15 is 0 Å². The monoisotopic (exact) mass is 477 g/mol. The summed E-state index contributed by atoms with van der Waals surface area (Å²) < 4.78 is 46.5. The molecule has 0 spiro atoms. The third-order valence-electron chi connectivity index (χ3n) is 4.90. The number of fused-ring (bicyclic) bond motifs is 1. The van der Waals surface area contributed by atoms with Crippen LogP contribution in [0.15, 0.2) is 71.9 Å². The zero-order valence-electron chi connectivity index (χ0n) is 18.3. The molecule has 0 saturated heterocycles. The molecule has 172 valence electrons. The fourth-order valence-electron chi connectivity index (χ4n) is 3.28. The summed E-state index contributed by atoms with van der Waals surface area (Å²) in [6.45, 7) is 1.58. The average molecular weight is 478 g/mol. The first-order chi connectivity index (χ1) is 16.3. The molecule has 7 nitrogen and oxygen atoms in total. The number of hydrogen-bond donors (Lipinski definition) is 2. The average Bonchev–Trinajstić information content (AvgIpc) is 2.82. The SMILES string of the molecule is COc1ncc(-c2ccc3nccc(C#CC(C)O)c3c2)cc1NS(=O)(=O)c1ccc(F)cc1. The topological polar surface area (TPSA) is 101 Å². The van der Waals surface area contributed by atoms with Gasteiger partial charge in [0.2, 0.25) is 5.88 Å². The minimum Gasteiger partial charge on any atom is -0.480 e. The third kappa shape index (κ3) is 4.98. The molecule has 0 bridgehead atoms. The molecular weight excluding hydrogens is 457 g/mol. The molecular formula is C25H20FN3O4S. The van der Waals surface area contributed by atoms with E-state index in [2.05, 4.69) is 26.5 Å². The number of benzene rings is 2. The number of methoxy groups -OCH3 is 1. The number of ether oxygens (including phenoxy) is 1. The van der Waals surface area contributed by atoms with Crippen LogP contribution in [0, 0.1) is 17.7 Å². The molecule has 0 aliphatic heterocycles. The van der Waals surface area contributed by atoms with Crippen molar-refractivity contribution in [3.05, 3.63) is 78.4 Å². The van der Waals surface area contributed by atoms with Crippen LogP contribution >= 0.6 is 0 Å².